The number of aliphatic carboxylic acids is 1. The van der Waals surface area contributed by atoms with Crippen molar-refractivity contribution in [1.29, 1.82) is 0 Å². The van der Waals surface area contributed by atoms with Gasteiger partial charge in [-0.05, 0) is 36.3 Å². The molecule has 0 bridgehead atoms. The number of ether oxygens (including phenoxy) is 1. The molecule has 0 aliphatic rings. The molecule has 0 aromatic heterocycles. The summed E-state index contributed by atoms with van der Waals surface area (Å²) in [5.41, 5.74) is 1.21. The summed E-state index contributed by atoms with van der Waals surface area (Å²) in [4.78, 5) is 10.8. The van der Waals surface area contributed by atoms with Crippen molar-refractivity contribution in [2.45, 2.75) is 25.0 Å². The lowest BCUT2D eigenvalue weighted by molar-refractivity contribution is -0.136. The van der Waals surface area contributed by atoms with Gasteiger partial charge in [-0.3, -0.25) is 4.79 Å². The molecule has 1 rings (SSSR count). The molecular formula is C13H18O3S. The van der Waals surface area contributed by atoms with E-state index < -0.39 is 5.97 Å². The van der Waals surface area contributed by atoms with Crippen LogP contribution in [0, 0.1) is 0 Å². The van der Waals surface area contributed by atoms with Gasteiger partial charge in [0.05, 0.1) is 7.11 Å². The number of hydrogen-bond donors (Lipinski definition) is 1. The molecule has 0 aliphatic heterocycles. The Morgan fingerprint density at radius 1 is 1.41 bits per heavy atom. The van der Waals surface area contributed by atoms with Gasteiger partial charge < -0.3 is 9.84 Å². The van der Waals surface area contributed by atoms with E-state index in [1.54, 1.807) is 7.11 Å². The van der Waals surface area contributed by atoms with Gasteiger partial charge in [0, 0.05) is 0 Å². The first-order valence-corrected chi connectivity index (χ1v) is 6.69. The SMILES string of the molecule is CCC(SCCc1ccc(OC)cc1)C(=O)O. The van der Waals surface area contributed by atoms with E-state index >= 15 is 0 Å². The largest absolute Gasteiger partial charge is 0.497 e. The van der Waals surface area contributed by atoms with Crippen LogP contribution >= 0.6 is 11.8 Å². The third kappa shape index (κ3) is 4.69. The third-order valence-electron chi connectivity index (χ3n) is 2.52. The smallest absolute Gasteiger partial charge is 0.316 e. The number of carboxylic acid groups (broad SMARTS) is 1. The monoisotopic (exact) mass is 254 g/mol. The van der Waals surface area contributed by atoms with E-state index in [-0.39, 0.29) is 5.25 Å². The van der Waals surface area contributed by atoms with E-state index in [0.717, 1.165) is 17.9 Å². The van der Waals surface area contributed by atoms with Gasteiger partial charge in [-0.15, -0.1) is 11.8 Å². The summed E-state index contributed by atoms with van der Waals surface area (Å²) in [6.45, 7) is 1.90. The predicted octanol–water partition coefficient (Wildman–Crippen LogP) is 2.83. The van der Waals surface area contributed by atoms with E-state index in [4.69, 9.17) is 9.84 Å². The van der Waals surface area contributed by atoms with E-state index in [0.29, 0.717) is 6.42 Å². The van der Waals surface area contributed by atoms with Gasteiger partial charge in [-0.2, -0.15) is 0 Å². The van der Waals surface area contributed by atoms with Gasteiger partial charge in [0.1, 0.15) is 11.0 Å². The number of aryl methyl sites for hydroxylation is 1. The number of rotatable bonds is 7. The number of carboxylic acids is 1. The molecule has 0 saturated carbocycles. The fourth-order valence-electron chi connectivity index (χ4n) is 1.47. The minimum Gasteiger partial charge on any atom is -0.497 e. The maximum Gasteiger partial charge on any atom is 0.316 e. The lowest BCUT2D eigenvalue weighted by atomic mass is 10.2. The van der Waals surface area contributed by atoms with E-state index in [1.165, 1.54) is 17.3 Å². The number of hydrogen-bond acceptors (Lipinski definition) is 3. The molecular weight excluding hydrogens is 236 g/mol. The van der Waals surface area contributed by atoms with E-state index in [9.17, 15) is 4.79 Å². The zero-order valence-electron chi connectivity index (χ0n) is 10.2. The summed E-state index contributed by atoms with van der Waals surface area (Å²) in [5.74, 6) is 0.961. The molecule has 1 aromatic rings. The molecule has 1 unspecified atom stereocenters. The average Bonchev–Trinajstić information content (AvgIpc) is 2.35. The highest BCUT2D eigenvalue weighted by molar-refractivity contribution is 8.00. The van der Waals surface area contributed by atoms with Crippen LogP contribution in [-0.2, 0) is 11.2 Å². The third-order valence-corrected chi connectivity index (χ3v) is 3.89. The van der Waals surface area contributed by atoms with Gasteiger partial charge in [0.2, 0.25) is 0 Å². The van der Waals surface area contributed by atoms with Crippen molar-refractivity contribution < 1.29 is 14.6 Å². The zero-order chi connectivity index (χ0) is 12.7. The van der Waals surface area contributed by atoms with E-state index in [1.807, 2.05) is 31.2 Å². The number of benzene rings is 1. The van der Waals surface area contributed by atoms with Crippen molar-refractivity contribution in [3.05, 3.63) is 29.8 Å². The van der Waals surface area contributed by atoms with Gasteiger partial charge in [-0.25, -0.2) is 0 Å². The standard InChI is InChI=1S/C13H18O3S/c1-3-12(13(14)15)17-9-8-10-4-6-11(16-2)7-5-10/h4-7,12H,3,8-9H2,1-2H3,(H,14,15). The summed E-state index contributed by atoms with van der Waals surface area (Å²) in [5, 5.41) is 8.62. The number of methoxy groups -OCH3 is 1. The van der Waals surface area contributed by atoms with Gasteiger partial charge in [0.25, 0.3) is 0 Å². The summed E-state index contributed by atoms with van der Waals surface area (Å²) >= 11 is 1.50. The van der Waals surface area contributed by atoms with Crippen molar-refractivity contribution in [3.8, 4) is 5.75 Å². The van der Waals surface area contributed by atoms with Gasteiger partial charge >= 0.3 is 5.97 Å². The molecule has 0 heterocycles. The second kappa shape index (κ2) is 7.22. The normalized spacial score (nSPS) is 12.1. The molecule has 3 nitrogen and oxygen atoms in total. The Balaban J connectivity index is 2.37. The lowest BCUT2D eigenvalue weighted by Crippen LogP contribution is -2.15. The van der Waals surface area contributed by atoms with Crippen LogP contribution in [0.3, 0.4) is 0 Å². The van der Waals surface area contributed by atoms with Gasteiger partial charge in [-0.1, -0.05) is 19.1 Å². The first-order valence-electron chi connectivity index (χ1n) is 5.64. The van der Waals surface area contributed by atoms with Crippen molar-refractivity contribution >= 4 is 17.7 Å². The van der Waals surface area contributed by atoms with Crippen molar-refractivity contribution in [2.75, 3.05) is 12.9 Å². The highest BCUT2D eigenvalue weighted by atomic mass is 32.2. The lowest BCUT2D eigenvalue weighted by Gasteiger charge is -2.09. The van der Waals surface area contributed by atoms with Crippen LogP contribution in [0.15, 0.2) is 24.3 Å². The second-order valence-electron chi connectivity index (χ2n) is 3.70. The van der Waals surface area contributed by atoms with Crippen LogP contribution in [0.25, 0.3) is 0 Å². The molecule has 0 amide bonds. The summed E-state index contributed by atoms with van der Waals surface area (Å²) < 4.78 is 5.08. The first-order chi connectivity index (χ1) is 8.17. The quantitative estimate of drug-likeness (QED) is 0.812. The average molecular weight is 254 g/mol. The summed E-state index contributed by atoms with van der Waals surface area (Å²) in [6, 6.07) is 7.88. The highest BCUT2D eigenvalue weighted by Crippen LogP contribution is 2.18. The molecule has 4 heteroatoms. The van der Waals surface area contributed by atoms with Crippen molar-refractivity contribution in [3.63, 3.8) is 0 Å². The van der Waals surface area contributed by atoms with Crippen molar-refractivity contribution in [1.82, 2.24) is 0 Å². The topological polar surface area (TPSA) is 46.5 Å². The molecule has 1 atom stereocenters. The Morgan fingerprint density at radius 3 is 2.53 bits per heavy atom. The Morgan fingerprint density at radius 2 is 2.06 bits per heavy atom. The first kappa shape index (κ1) is 13.9. The molecule has 0 spiro atoms. The van der Waals surface area contributed by atoms with Crippen LogP contribution in [-0.4, -0.2) is 29.2 Å². The zero-order valence-corrected chi connectivity index (χ0v) is 11.0. The fourth-order valence-corrected chi connectivity index (χ4v) is 2.49. The predicted molar refractivity (Wildman–Crippen MR) is 70.9 cm³/mol. The maximum absolute atomic E-state index is 10.8. The highest BCUT2D eigenvalue weighted by Gasteiger charge is 2.14. The van der Waals surface area contributed by atoms with Crippen LogP contribution in [0.4, 0.5) is 0 Å². The van der Waals surface area contributed by atoms with Gasteiger partial charge in [0.15, 0.2) is 0 Å². The molecule has 17 heavy (non-hydrogen) atoms. The van der Waals surface area contributed by atoms with Crippen LogP contribution in [0.2, 0.25) is 0 Å². The Kier molecular flexibility index (Phi) is 5.91. The fraction of sp³-hybridized carbons (Fsp3) is 0.462. The Labute approximate surface area is 106 Å². The minimum atomic E-state index is -0.716. The Hall–Kier alpha value is -1.16. The molecule has 0 aliphatic carbocycles. The van der Waals surface area contributed by atoms with Crippen LogP contribution < -0.4 is 4.74 Å². The molecule has 1 N–H and O–H groups in total. The molecule has 94 valence electrons. The van der Waals surface area contributed by atoms with E-state index in [2.05, 4.69) is 0 Å². The molecule has 0 saturated heterocycles. The summed E-state index contributed by atoms with van der Waals surface area (Å²) in [7, 11) is 1.64. The van der Waals surface area contributed by atoms with Crippen LogP contribution in [0.5, 0.6) is 5.75 Å². The van der Waals surface area contributed by atoms with Crippen LogP contribution in [0.1, 0.15) is 18.9 Å². The number of carbonyl (C=O) groups is 1. The maximum atomic E-state index is 10.8. The Bertz CT molecular complexity index is 348. The molecule has 0 radical (unpaired) electrons. The molecule has 0 fully saturated rings. The number of thioether (sulfide) groups is 1. The van der Waals surface area contributed by atoms with Crippen molar-refractivity contribution in [2.24, 2.45) is 0 Å². The summed E-state index contributed by atoms with van der Waals surface area (Å²) in [6.07, 6.45) is 1.56. The minimum absolute atomic E-state index is 0.284. The molecule has 1 aromatic carbocycles. The second-order valence-corrected chi connectivity index (χ2v) is 5.01.